The molecule has 3 nitrogen and oxygen atoms in total. The SMILES string of the molecule is CC(C)CCc1cc[c]cc1[N+](=O)[O-]. The van der Waals surface area contributed by atoms with Crippen LogP contribution < -0.4 is 0 Å². The van der Waals surface area contributed by atoms with Crippen LogP contribution in [0.1, 0.15) is 25.8 Å². The van der Waals surface area contributed by atoms with Crippen molar-refractivity contribution >= 4 is 5.69 Å². The number of nitrogens with zero attached hydrogens (tertiary/aromatic N) is 1. The number of hydrogen-bond acceptors (Lipinski definition) is 2. The fourth-order valence-corrected chi connectivity index (χ4v) is 1.28. The molecule has 0 fully saturated rings. The Hall–Kier alpha value is -1.38. The molecule has 0 unspecified atom stereocenters. The number of aryl methyl sites for hydroxylation is 1. The highest BCUT2D eigenvalue weighted by molar-refractivity contribution is 5.39. The van der Waals surface area contributed by atoms with Crippen LogP contribution in [-0.2, 0) is 6.42 Å². The molecule has 0 amide bonds. The van der Waals surface area contributed by atoms with Gasteiger partial charge in [-0.1, -0.05) is 26.0 Å². The predicted molar refractivity (Wildman–Crippen MR) is 55.1 cm³/mol. The molecule has 0 bridgehead atoms. The molecule has 1 aromatic carbocycles. The van der Waals surface area contributed by atoms with Crippen molar-refractivity contribution in [3.05, 3.63) is 39.9 Å². The Balaban J connectivity index is 2.79. The molecule has 1 aromatic rings. The standard InChI is InChI=1S/C11H14NO2/c1-9(2)7-8-10-5-3-4-6-11(10)12(13)14/h3,5-6,9H,7-8H2,1-2H3. The summed E-state index contributed by atoms with van der Waals surface area (Å²) in [5, 5.41) is 10.7. The van der Waals surface area contributed by atoms with Gasteiger partial charge in [-0.15, -0.1) is 0 Å². The smallest absolute Gasteiger partial charge is 0.258 e. The van der Waals surface area contributed by atoms with Gasteiger partial charge in [0.1, 0.15) is 0 Å². The van der Waals surface area contributed by atoms with E-state index in [1.807, 2.05) is 0 Å². The molecule has 0 aliphatic rings. The second-order valence-electron chi connectivity index (χ2n) is 3.74. The molecule has 0 heterocycles. The zero-order chi connectivity index (χ0) is 10.6. The van der Waals surface area contributed by atoms with Gasteiger partial charge in [-0.25, -0.2) is 0 Å². The molecule has 0 saturated carbocycles. The van der Waals surface area contributed by atoms with Crippen molar-refractivity contribution in [2.75, 3.05) is 0 Å². The maximum Gasteiger partial charge on any atom is 0.273 e. The second kappa shape index (κ2) is 4.74. The highest BCUT2D eigenvalue weighted by atomic mass is 16.6. The molecule has 0 atom stereocenters. The van der Waals surface area contributed by atoms with E-state index in [0.29, 0.717) is 5.92 Å². The summed E-state index contributed by atoms with van der Waals surface area (Å²) in [5.41, 5.74) is 0.996. The monoisotopic (exact) mass is 192 g/mol. The summed E-state index contributed by atoms with van der Waals surface area (Å²) in [6.45, 7) is 4.22. The van der Waals surface area contributed by atoms with Gasteiger partial charge in [0.2, 0.25) is 0 Å². The van der Waals surface area contributed by atoms with Gasteiger partial charge >= 0.3 is 0 Å². The zero-order valence-electron chi connectivity index (χ0n) is 8.49. The third-order valence-corrected chi connectivity index (χ3v) is 2.12. The summed E-state index contributed by atoms with van der Waals surface area (Å²) in [5.74, 6) is 0.568. The van der Waals surface area contributed by atoms with Crippen molar-refractivity contribution in [1.29, 1.82) is 0 Å². The normalized spacial score (nSPS) is 10.5. The Morgan fingerprint density at radius 2 is 2.29 bits per heavy atom. The highest BCUT2D eigenvalue weighted by Gasteiger charge is 2.11. The van der Waals surface area contributed by atoms with E-state index in [0.717, 1.165) is 18.4 Å². The molecule has 0 spiro atoms. The van der Waals surface area contributed by atoms with Crippen molar-refractivity contribution in [1.82, 2.24) is 0 Å². The van der Waals surface area contributed by atoms with Gasteiger partial charge in [-0.2, -0.15) is 0 Å². The Morgan fingerprint density at radius 3 is 2.86 bits per heavy atom. The summed E-state index contributed by atoms with van der Waals surface area (Å²) >= 11 is 0. The lowest BCUT2D eigenvalue weighted by Crippen LogP contribution is -1.97. The number of rotatable bonds is 4. The van der Waals surface area contributed by atoms with Gasteiger partial charge in [0, 0.05) is 11.6 Å². The number of nitro groups is 1. The summed E-state index contributed by atoms with van der Waals surface area (Å²) in [4.78, 5) is 10.3. The first-order valence-electron chi connectivity index (χ1n) is 4.74. The van der Waals surface area contributed by atoms with E-state index in [4.69, 9.17) is 0 Å². The third kappa shape index (κ3) is 2.83. The zero-order valence-corrected chi connectivity index (χ0v) is 8.49. The Bertz CT molecular complexity index is 321. The van der Waals surface area contributed by atoms with Crippen molar-refractivity contribution in [3.63, 3.8) is 0 Å². The second-order valence-corrected chi connectivity index (χ2v) is 3.74. The Labute approximate surface area is 83.9 Å². The fraction of sp³-hybridized carbons (Fsp3) is 0.455. The maximum absolute atomic E-state index is 10.7. The molecular weight excluding hydrogens is 178 g/mol. The minimum absolute atomic E-state index is 0.188. The Kier molecular flexibility index (Phi) is 3.63. The fourth-order valence-electron chi connectivity index (χ4n) is 1.28. The van der Waals surface area contributed by atoms with Crippen LogP contribution in [0.5, 0.6) is 0 Å². The van der Waals surface area contributed by atoms with Crippen molar-refractivity contribution in [3.8, 4) is 0 Å². The van der Waals surface area contributed by atoms with Crippen LogP contribution in [0, 0.1) is 22.1 Å². The lowest BCUT2D eigenvalue weighted by molar-refractivity contribution is -0.385. The van der Waals surface area contributed by atoms with Gasteiger partial charge in [0.15, 0.2) is 0 Å². The van der Waals surface area contributed by atoms with Gasteiger partial charge < -0.3 is 0 Å². The van der Waals surface area contributed by atoms with E-state index in [1.54, 1.807) is 12.1 Å². The van der Waals surface area contributed by atoms with Crippen LogP contribution in [-0.4, -0.2) is 4.92 Å². The van der Waals surface area contributed by atoms with Crippen LogP contribution in [0.4, 0.5) is 5.69 Å². The molecule has 1 rings (SSSR count). The molecule has 0 aliphatic heterocycles. The van der Waals surface area contributed by atoms with E-state index in [1.165, 1.54) is 6.07 Å². The summed E-state index contributed by atoms with van der Waals surface area (Å²) in [6.07, 6.45) is 1.74. The quantitative estimate of drug-likeness (QED) is 0.543. The topological polar surface area (TPSA) is 43.1 Å². The molecule has 3 heteroatoms. The van der Waals surface area contributed by atoms with E-state index in [9.17, 15) is 10.1 Å². The van der Waals surface area contributed by atoms with Crippen LogP contribution >= 0.6 is 0 Å². The van der Waals surface area contributed by atoms with Crippen LogP contribution in [0.2, 0.25) is 0 Å². The molecule has 0 N–H and O–H groups in total. The highest BCUT2D eigenvalue weighted by Crippen LogP contribution is 2.20. The van der Waals surface area contributed by atoms with E-state index in [-0.39, 0.29) is 10.6 Å². The van der Waals surface area contributed by atoms with Gasteiger partial charge in [0.05, 0.1) is 4.92 Å². The molecule has 75 valence electrons. The van der Waals surface area contributed by atoms with Crippen LogP contribution in [0.25, 0.3) is 0 Å². The molecular formula is C11H14NO2. The first-order chi connectivity index (χ1) is 6.61. The number of hydrogen-bond donors (Lipinski definition) is 0. The summed E-state index contributed by atoms with van der Waals surface area (Å²) < 4.78 is 0. The average Bonchev–Trinajstić information content (AvgIpc) is 2.15. The summed E-state index contributed by atoms with van der Waals surface area (Å²) in [7, 11) is 0. The van der Waals surface area contributed by atoms with Crippen molar-refractivity contribution in [2.45, 2.75) is 26.7 Å². The lowest BCUT2D eigenvalue weighted by atomic mass is 10.0. The summed E-state index contributed by atoms with van der Waals surface area (Å²) in [6, 6.07) is 7.67. The molecule has 1 radical (unpaired) electrons. The predicted octanol–water partition coefficient (Wildman–Crippen LogP) is 2.98. The third-order valence-electron chi connectivity index (χ3n) is 2.12. The minimum atomic E-state index is -0.341. The number of nitro benzene ring substituents is 1. The first kappa shape index (κ1) is 10.7. The van der Waals surface area contributed by atoms with Gasteiger partial charge in [0.25, 0.3) is 5.69 Å². The largest absolute Gasteiger partial charge is 0.273 e. The van der Waals surface area contributed by atoms with Gasteiger partial charge in [-0.05, 0) is 24.8 Å². The van der Waals surface area contributed by atoms with E-state index < -0.39 is 0 Å². The van der Waals surface area contributed by atoms with E-state index in [2.05, 4.69) is 19.9 Å². The maximum atomic E-state index is 10.7. The molecule has 0 aromatic heterocycles. The Morgan fingerprint density at radius 1 is 1.57 bits per heavy atom. The van der Waals surface area contributed by atoms with Crippen LogP contribution in [0.15, 0.2) is 18.2 Å². The van der Waals surface area contributed by atoms with Crippen molar-refractivity contribution in [2.24, 2.45) is 5.92 Å². The minimum Gasteiger partial charge on any atom is -0.258 e. The molecule has 0 saturated heterocycles. The molecule has 0 aliphatic carbocycles. The van der Waals surface area contributed by atoms with Gasteiger partial charge in [-0.3, -0.25) is 10.1 Å². The number of benzene rings is 1. The van der Waals surface area contributed by atoms with Crippen LogP contribution in [0.3, 0.4) is 0 Å². The first-order valence-corrected chi connectivity index (χ1v) is 4.74. The van der Waals surface area contributed by atoms with Crippen molar-refractivity contribution < 1.29 is 4.92 Å². The van der Waals surface area contributed by atoms with E-state index >= 15 is 0 Å². The molecule has 14 heavy (non-hydrogen) atoms. The average molecular weight is 192 g/mol. The lowest BCUT2D eigenvalue weighted by Gasteiger charge is -2.04.